The summed E-state index contributed by atoms with van der Waals surface area (Å²) >= 11 is 1.15. The van der Waals surface area contributed by atoms with E-state index in [0.29, 0.717) is 0 Å². The number of carbonyl (C=O) groups is 2. The van der Waals surface area contributed by atoms with Crippen molar-refractivity contribution in [3.05, 3.63) is 12.7 Å². The van der Waals surface area contributed by atoms with E-state index >= 15 is 0 Å². The molecule has 126 valence electrons. The minimum absolute atomic E-state index is 0.178. The molecule has 0 spiro atoms. The standard InChI is InChI=1S/C15H26N2O4S/c1-9-10-17(13(19)21-15(5,6)7)11(22-8)16-12(18)20-14(2,3)4/h9H,1,10H2,2-8H3. The summed E-state index contributed by atoms with van der Waals surface area (Å²) in [5.74, 6) is 0. The molecule has 0 unspecified atom stereocenters. The minimum atomic E-state index is -0.755. The van der Waals surface area contributed by atoms with Crippen molar-refractivity contribution in [2.24, 2.45) is 4.99 Å². The normalized spacial score (nSPS) is 12.6. The molecule has 0 aliphatic rings. The minimum Gasteiger partial charge on any atom is -0.443 e. The van der Waals surface area contributed by atoms with E-state index < -0.39 is 23.4 Å². The number of thioether (sulfide) groups is 1. The van der Waals surface area contributed by atoms with E-state index in [-0.39, 0.29) is 11.7 Å². The highest BCUT2D eigenvalue weighted by atomic mass is 32.2. The topological polar surface area (TPSA) is 68.2 Å². The first kappa shape index (κ1) is 20.5. The monoisotopic (exact) mass is 330 g/mol. The highest BCUT2D eigenvalue weighted by molar-refractivity contribution is 8.13. The Balaban J connectivity index is 5.28. The number of hydrogen-bond donors (Lipinski definition) is 0. The molecule has 0 bridgehead atoms. The zero-order chi connectivity index (χ0) is 17.6. The van der Waals surface area contributed by atoms with E-state index in [1.54, 1.807) is 47.8 Å². The van der Waals surface area contributed by atoms with Crippen molar-refractivity contribution in [3.63, 3.8) is 0 Å². The molecule has 0 rings (SSSR count). The van der Waals surface area contributed by atoms with E-state index in [4.69, 9.17) is 9.47 Å². The number of aliphatic imine (C=N–C) groups is 1. The molecule has 0 fully saturated rings. The number of amides is 2. The molecule has 6 nitrogen and oxygen atoms in total. The number of amidine groups is 1. The van der Waals surface area contributed by atoms with Crippen molar-refractivity contribution < 1.29 is 19.1 Å². The second-order valence-electron chi connectivity index (χ2n) is 6.46. The van der Waals surface area contributed by atoms with Crippen molar-refractivity contribution in [2.75, 3.05) is 12.8 Å². The van der Waals surface area contributed by atoms with Crippen LogP contribution in [0.5, 0.6) is 0 Å². The van der Waals surface area contributed by atoms with Gasteiger partial charge in [0.15, 0.2) is 5.17 Å². The summed E-state index contributed by atoms with van der Waals surface area (Å²) in [5.41, 5.74) is -1.30. The molecule has 0 aromatic heterocycles. The van der Waals surface area contributed by atoms with Crippen LogP contribution in [0.25, 0.3) is 0 Å². The molecule has 0 aromatic rings. The molecule has 7 heteroatoms. The molecule has 0 aliphatic carbocycles. The Labute approximate surface area is 136 Å². The van der Waals surface area contributed by atoms with Crippen LogP contribution >= 0.6 is 11.8 Å². The number of ether oxygens (including phenoxy) is 2. The van der Waals surface area contributed by atoms with Gasteiger partial charge >= 0.3 is 12.2 Å². The van der Waals surface area contributed by atoms with E-state index in [2.05, 4.69) is 11.6 Å². The molecule has 22 heavy (non-hydrogen) atoms. The van der Waals surface area contributed by atoms with Crippen molar-refractivity contribution in [2.45, 2.75) is 52.7 Å². The van der Waals surface area contributed by atoms with Gasteiger partial charge in [-0.1, -0.05) is 17.8 Å². The van der Waals surface area contributed by atoms with E-state index in [1.807, 2.05) is 0 Å². The zero-order valence-electron chi connectivity index (χ0n) is 14.4. The number of carbonyl (C=O) groups excluding carboxylic acids is 2. The van der Waals surface area contributed by atoms with Crippen molar-refractivity contribution in [1.82, 2.24) is 4.90 Å². The fourth-order valence-electron chi connectivity index (χ4n) is 1.26. The highest BCUT2D eigenvalue weighted by Crippen LogP contribution is 2.15. The molecule has 0 heterocycles. The summed E-state index contributed by atoms with van der Waals surface area (Å²) in [6.07, 6.45) is 1.90. The van der Waals surface area contributed by atoms with Gasteiger partial charge in [-0.05, 0) is 47.8 Å². The second-order valence-corrected chi connectivity index (χ2v) is 7.23. The largest absolute Gasteiger partial charge is 0.443 e. The average molecular weight is 330 g/mol. The third-order valence-electron chi connectivity index (χ3n) is 1.92. The van der Waals surface area contributed by atoms with Crippen LogP contribution in [0.1, 0.15) is 41.5 Å². The summed E-state index contributed by atoms with van der Waals surface area (Å²) in [6.45, 7) is 14.3. The van der Waals surface area contributed by atoms with E-state index in [1.165, 1.54) is 11.0 Å². The molecule has 0 radical (unpaired) electrons. The number of hydrogen-bond acceptors (Lipinski definition) is 5. The summed E-state index contributed by atoms with van der Waals surface area (Å²) in [6, 6.07) is 0. The van der Waals surface area contributed by atoms with Crippen LogP contribution in [-0.2, 0) is 9.47 Å². The average Bonchev–Trinajstić information content (AvgIpc) is 2.28. The van der Waals surface area contributed by atoms with Gasteiger partial charge in [0, 0.05) is 6.54 Å². The maximum atomic E-state index is 12.2. The molecular weight excluding hydrogens is 304 g/mol. The molecule has 0 N–H and O–H groups in total. The van der Waals surface area contributed by atoms with Gasteiger partial charge in [-0.2, -0.15) is 4.99 Å². The lowest BCUT2D eigenvalue weighted by Crippen LogP contribution is -2.40. The van der Waals surface area contributed by atoms with E-state index in [0.717, 1.165) is 11.8 Å². The molecule has 0 atom stereocenters. The quantitative estimate of drug-likeness (QED) is 0.434. The maximum absolute atomic E-state index is 12.2. The van der Waals surface area contributed by atoms with Crippen LogP contribution in [0.4, 0.5) is 9.59 Å². The fraction of sp³-hybridized carbons (Fsp3) is 0.667. The van der Waals surface area contributed by atoms with Gasteiger partial charge in [0.1, 0.15) is 11.2 Å². The predicted molar refractivity (Wildman–Crippen MR) is 90.3 cm³/mol. The molecule has 0 aliphatic heterocycles. The number of rotatable bonds is 2. The summed E-state index contributed by atoms with van der Waals surface area (Å²) in [7, 11) is 0. The zero-order valence-corrected chi connectivity index (χ0v) is 15.2. The Morgan fingerprint density at radius 3 is 2.00 bits per heavy atom. The molecule has 0 saturated carbocycles. The first-order valence-electron chi connectivity index (χ1n) is 6.86. The van der Waals surface area contributed by atoms with E-state index in [9.17, 15) is 9.59 Å². The molecule has 0 aromatic carbocycles. The summed E-state index contributed by atoms with van der Waals surface area (Å²) in [5, 5.41) is 0.198. The van der Waals surface area contributed by atoms with Crippen LogP contribution in [0, 0.1) is 0 Å². The maximum Gasteiger partial charge on any atom is 0.436 e. The van der Waals surface area contributed by atoms with Gasteiger partial charge < -0.3 is 9.47 Å². The Kier molecular flexibility index (Phi) is 7.66. The van der Waals surface area contributed by atoms with Gasteiger partial charge in [0.05, 0.1) is 0 Å². The number of nitrogens with zero attached hydrogens (tertiary/aromatic N) is 2. The van der Waals surface area contributed by atoms with Crippen molar-refractivity contribution >= 4 is 29.1 Å². The Morgan fingerprint density at radius 2 is 1.64 bits per heavy atom. The summed E-state index contributed by atoms with van der Waals surface area (Å²) in [4.78, 5) is 29.1. The SMILES string of the molecule is C=CCN(C(=O)OC(C)(C)C)C(=NC(=O)OC(C)(C)C)SC. The predicted octanol–water partition coefficient (Wildman–Crippen LogP) is 4.06. The molecule has 2 amide bonds. The third-order valence-corrected chi connectivity index (χ3v) is 2.60. The lowest BCUT2D eigenvalue weighted by Gasteiger charge is -2.26. The third kappa shape index (κ3) is 8.71. The summed E-state index contributed by atoms with van der Waals surface area (Å²) < 4.78 is 10.4. The molecular formula is C15H26N2O4S. The van der Waals surface area contributed by atoms with Gasteiger partial charge in [-0.15, -0.1) is 6.58 Å². The van der Waals surface area contributed by atoms with Gasteiger partial charge in [0.2, 0.25) is 0 Å². The first-order chi connectivity index (χ1) is 9.89. The van der Waals surface area contributed by atoms with Crippen LogP contribution in [-0.4, -0.2) is 46.3 Å². The van der Waals surface area contributed by atoms with Crippen LogP contribution in [0.15, 0.2) is 17.6 Å². The lowest BCUT2D eigenvalue weighted by atomic mass is 10.2. The van der Waals surface area contributed by atoms with Crippen LogP contribution in [0.2, 0.25) is 0 Å². The molecule has 0 saturated heterocycles. The van der Waals surface area contributed by atoms with Gasteiger partial charge in [-0.3, -0.25) is 4.90 Å². The fourth-order valence-corrected chi connectivity index (χ4v) is 1.79. The van der Waals surface area contributed by atoms with Crippen molar-refractivity contribution in [1.29, 1.82) is 0 Å². The Bertz CT molecular complexity index is 447. The van der Waals surface area contributed by atoms with Crippen molar-refractivity contribution in [3.8, 4) is 0 Å². The van der Waals surface area contributed by atoms with Crippen LogP contribution in [0.3, 0.4) is 0 Å². The Hall–Kier alpha value is -1.50. The van der Waals surface area contributed by atoms with Crippen LogP contribution < -0.4 is 0 Å². The van der Waals surface area contributed by atoms with Gasteiger partial charge in [0.25, 0.3) is 0 Å². The smallest absolute Gasteiger partial charge is 0.436 e. The highest BCUT2D eigenvalue weighted by Gasteiger charge is 2.26. The first-order valence-corrected chi connectivity index (χ1v) is 8.09. The second kappa shape index (κ2) is 8.22. The Morgan fingerprint density at radius 1 is 1.14 bits per heavy atom. The lowest BCUT2D eigenvalue weighted by molar-refractivity contribution is 0.0387. The van der Waals surface area contributed by atoms with Gasteiger partial charge in [-0.25, -0.2) is 9.59 Å².